The molecule has 0 heterocycles. The molecule has 2 aromatic carbocycles. The minimum absolute atomic E-state index is 0.172. The first-order valence-corrected chi connectivity index (χ1v) is 15.2. The van der Waals surface area contributed by atoms with Crippen LogP contribution in [0.15, 0.2) is 54.6 Å². The van der Waals surface area contributed by atoms with Crippen molar-refractivity contribution >= 4 is 5.97 Å². The molecule has 0 saturated carbocycles. The molecule has 0 aromatic heterocycles. The summed E-state index contributed by atoms with van der Waals surface area (Å²) in [5.41, 5.74) is 2.61. The summed E-state index contributed by atoms with van der Waals surface area (Å²) in [5, 5.41) is 0. The van der Waals surface area contributed by atoms with Gasteiger partial charge in [0.05, 0.1) is 27.1 Å². The number of benzene rings is 2. The normalized spacial score (nSPS) is 12.3. The van der Waals surface area contributed by atoms with E-state index in [0.717, 1.165) is 42.6 Å². The van der Waals surface area contributed by atoms with Crippen LogP contribution >= 0.6 is 0 Å². The molecule has 0 N–H and O–H groups in total. The zero-order valence-corrected chi connectivity index (χ0v) is 24.8. The molecule has 0 fully saturated rings. The van der Waals surface area contributed by atoms with Crippen molar-refractivity contribution < 1.29 is 18.8 Å². The predicted octanol–water partition coefficient (Wildman–Crippen LogP) is 8.86. The third-order valence-corrected chi connectivity index (χ3v) is 7.12. The van der Waals surface area contributed by atoms with E-state index >= 15 is 0 Å². The average molecular weight is 525 g/mol. The molecule has 0 bridgehead atoms. The molecule has 4 nitrogen and oxygen atoms in total. The van der Waals surface area contributed by atoms with Gasteiger partial charge >= 0.3 is 5.97 Å². The number of hydrogen-bond donors (Lipinski definition) is 0. The number of esters is 1. The van der Waals surface area contributed by atoms with Gasteiger partial charge in [0.25, 0.3) is 0 Å². The molecule has 4 heteroatoms. The molecule has 1 unspecified atom stereocenters. The molecule has 0 aliphatic rings. The first kappa shape index (κ1) is 31.9. The molecule has 2 aromatic rings. The van der Waals surface area contributed by atoms with Gasteiger partial charge in [-0.1, -0.05) is 108 Å². The van der Waals surface area contributed by atoms with E-state index in [0.29, 0.717) is 12.8 Å². The number of nitrogens with zero attached hydrogens (tertiary/aromatic N) is 1. The monoisotopic (exact) mass is 524 g/mol. The van der Waals surface area contributed by atoms with E-state index in [9.17, 15) is 4.79 Å². The highest BCUT2D eigenvalue weighted by Gasteiger charge is 2.19. The number of carbonyl (C=O) groups excluding carboxylic acids is 1. The van der Waals surface area contributed by atoms with Crippen LogP contribution in [0.3, 0.4) is 0 Å². The summed E-state index contributed by atoms with van der Waals surface area (Å²) in [6, 6.07) is 18.8. The van der Waals surface area contributed by atoms with Crippen LogP contribution in [0.5, 0.6) is 5.75 Å². The maximum atomic E-state index is 12.6. The van der Waals surface area contributed by atoms with E-state index < -0.39 is 6.29 Å². The Morgan fingerprint density at radius 2 is 1.42 bits per heavy atom. The molecule has 0 saturated heterocycles. The summed E-state index contributed by atoms with van der Waals surface area (Å²) in [4.78, 5) is 12.6. The van der Waals surface area contributed by atoms with E-state index in [1.54, 1.807) is 0 Å². The lowest BCUT2D eigenvalue weighted by atomic mass is 10.0. The van der Waals surface area contributed by atoms with Crippen LogP contribution in [0.25, 0.3) is 0 Å². The lowest BCUT2D eigenvalue weighted by Crippen LogP contribution is -2.39. The predicted molar refractivity (Wildman–Crippen MR) is 159 cm³/mol. The van der Waals surface area contributed by atoms with Crippen molar-refractivity contribution in [1.29, 1.82) is 0 Å². The molecule has 2 rings (SSSR count). The molecule has 0 aliphatic heterocycles. The zero-order chi connectivity index (χ0) is 27.5. The fraction of sp³-hybridized carbons (Fsp3) is 0.618. The van der Waals surface area contributed by atoms with Gasteiger partial charge in [-0.2, -0.15) is 0 Å². The molecule has 212 valence electrons. The molecule has 0 amide bonds. The highest BCUT2D eigenvalue weighted by Crippen LogP contribution is 2.20. The SMILES string of the molecule is CCCCCCCCCCCc1cccc(OC(CCC)OC(=O)CCC[N+](C)(C)Cc2ccccc2)c1. The van der Waals surface area contributed by atoms with Crippen molar-refractivity contribution in [2.45, 2.75) is 117 Å². The van der Waals surface area contributed by atoms with Gasteiger partial charge in [-0.25, -0.2) is 0 Å². The van der Waals surface area contributed by atoms with Crippen molar-refractivity contribution in [3.63, 3.8) is 0 Å². The average Bonchev–Trinajstić information content (AvgIpc) is 2.88. The van der Waals surface area contributed by atoms with Gasteiger partial charge in [-0.15, -0.1) is 0 Å². The lowest BCUT2D eigenvalue weighted by molar-refractivity contribution is -0.903. The smallest absolute Gasteiger partial charge is 0.309 e. The molecule has 38 heavy (non-hydrogen) atoms. The molecule has 0 aliphatic carbocycles. The Balaban J connectivity index is 1.70. The second-order valence-electron chi connectivity index (χ2n) is 11.5. The van der Waals surface area contributed by atoms with Crippen molar-refractivity contribution in [3.8, 4) is 5.75 Å². The number of quaternary nitrogens is 1. The maximum Gasteiger partial charge on any atom is 0.309 e. The number of aryl methyl sites for hydroxylation is 1. The minimum atomic E-state index is -0.526. The first-order valence-electron chi connectivity index (χ1n) is 15.2. The fourth-order valence-corrected chi connectivity index (χ4v) is 4.96. The zero-order valence-electron chi connectivity index (χ0n) is 24.8. The highest BCUT2D eigenvalue weighted by molar-refractivity contribution is 5.69. The minimum Gasteiger partial charge on any atom is -0.455 e. The Morgan fingerprint density at radius 1 is 0.763 bits per heavy atom. The van der Waals surface area contributed by atoms with Crippen LogP contribution in [0, 0.1) is 0 Å². The van der Waals surface area contributed by atoms with E-state index in [1.807, 2.05) is 12.1 Å². The summed E-state index contributed by atoms with van der Waals surface area (Å²) in [6.07, 6.45) is 15.4. The van der Waals surface area contributed by atoms with Gasteiger partial charge in [0.2, 0.25) is 6.29 Å². The van der Waals surface area contributed by atoms with Crippen molar-refractivity contribution in [1.82, 2.24) is 0 Å². The maximum absolute atomic E-state index is 12.6. The van der Waals surface area contributed by atoms with E-state index in [-0.39, 0.29) is 5.97 Å². The van der Waals surface area contributed by atoms with E-state index in [1.165, 1.54) is 68.9 Å². The molecular weight excluding hydrogens is 470 g/mol. The number of ether oxygens (including phenoxy) is 2. The summed E-state index contributed by atoms with van der Waals surface area (Å²) in [7, 11) is 4.42. The summed E-state index contributed by atoms with van der Waals surface area (Å²) in [6.45, 7) is 6.23. The lowest BCUT2D eigenvalue weighted by Gasteiger charge is -2.30. The van der Waals surface area contributed by atoms with E-state index in [2.05, 4.69) is 70.4 Å². The Hall–Kier alpha value is -2.33. The number of carbonyl (C=O) groups is 1. The fourth-order valence-electron chi connectivity index (χ4n) is 4.96. The Bertz CT molecular complexity index is 880. The van der Waals surface area contributed by atoms with Gasteiger partial charge in [-0.05, 0) is 37.0 Å². The standard InChI is InChI=1S/C34H54NO3/c1-5-7-8-9-10-11-12-13-15-21-30-24-18-25-32(28-30)37-34(20-6-2)38-33(36)26-19-27-35(3,4)29-31-22-16-14-17-23-31/h14,16-18,22-25,28,34H,5-13,15,19-21,26-27,29H2,1-4H3/q+1. The van der Waals surface area contributed by atoms with Gasteiger partial charge in [-0.3, -0.25) is 4.79 Å². The molecule has 1 atom stereocenters. The summed E-state index contributed by atoms with van der Waals surface area (Å²) >= 11 is 0. The summed E-state index contributed by atoms with van der Waals surface area (Å²) < 4.78 is 12.7. The second-order valence-corrected chi connectivity index (χ2v) is 11.5. The van der Waals surface area contributed by atoms with E-state index in [4.69, 9.17) is 9.47 Å². The Kier molecular flexibility index (Phi) is 15.8. The third-order valence-electron chi connectivity index (χ3n) is 7.12. The van der Waals surface area contributed by atoms with Crippen molar-refractivity contribution in [3.05, 3.63) is 65.7 Å². The van der Waals surface area contributed by atoms with Gasteiger partial charge in [0.15, 0.2) is 0 Å². The van der Waals surface area contributed by atoms with Crippen LogP contribution in [-0.4, -0.2) is 37.4 Å². The van der Waals surface area contributed by atoms with Gasteiger partial charge in [0.1, 0.15) is 12.3 Å². The van der Waals surface area contributed by atoms with Crippen molar-refractivity contribution in [2.75, 3.05) is 20.6 Å². The molecule has 0 radical (unpaired) electrons. The Labute approximate surface area is 233 Å². The first-order chi connectivity index (χ1) is 18.4. The van der Waals surface area contributed by atoms with Crippen LogP contribution in [0.2, 0.25) is 0 Å². The third kappa shape index (κ3) is 14.6. The summed E-state index contributed by atoms with van der Waals surface area (Å²) in [5.74, 6) is 0.624. The number of hydrogen-bond acceptors (Lipinski definition) is 3. The van der Waals surface area contributed by atoms with Crippen LogP contribution in [0.4, 0.5) is 0 Å². The van der Waals surface area contributed by atoms with Crippen LogP contribution in [-0.2, 0) is 22.5 Å². The highest BCUT2D eigenvalue weighted by atomic mass is 16.7. The van der Waals surface area contributed by atoms with Gasteiger partial charge in [0, 0.05) is 18.4 Å². The number of unbranched alkanes of at least 4 members (excludes halogenated alkanes) is 8. The Morgan fingerprint density at radius 3 is 2.11 bits per heavy atom. The van der Waals surface area contributed by atoms with Crippen LogP contribution in [0.1, 0.15) is 108 Å². The quantitative estimate of drug-likeness (QED) is 0.0708. The molecular formula is C34H54NO3+. The van der Waals surface area contributed by atoms with Crippen molar-refractivity contribution in [2.24, 2.45) is 0 Å². The number of rotatable bonds is 21. The van der Waals surface area contributed by atoms with Crippen LogP contribution < -0.4 is 4.74 Å². The topological polar surface area (TPSA) is 35.5 Å². The van der Waals surface area contributed by atoms with Gasteiger partial charge < -0.3 is 14.0 Å². The largest absolute Gasteiger partial charge is 0.455 e. The second kappa shape index (κ2) is 18.8. The molecule has 0 spiro atoms.